The van der Waals surface area contributed by atoms with Crippen LogP contribution in [0.2, 0.25) is 0 Å². The number of aryl methyl sites for hydroxylation is 1. The van der Waals surface area contributed by atoms with E-state index in [1.165, 1.54) is 0 Å². The number of anilines is 2. The maximum Gasteiger partial charge on any atom is 0.124 e. The van der Waals surface area contributed by atoms with Crippen LogP contribution in [0, 0.1) is 0 Å². The molecule has 0 aliphatic heterocycles. The lowest BCUT2D eigenvalue weighted by Crippen LogP contribution is -2.24. The molecule has 4 rings (SSSR count). The molecule has 32 heavy (non-hydrogen) atoms. The van der Waals surface area contributed by atoms with Crippen molar-refractivity contribution >= 4 is 28.1 Å². The number of fused-ring (bicyclic) bond motifs is 1. The van der Waals surface area contributed by atoms with E-state index in [9.17, 15) is 0 Å². The molecule has 2 aromatic heterocycles. The first-order valence-corrected chi connectivity index (χ1v) is 10.2. The Hall–Kier alpha value is -3.94. The van der Waals surface area contributed by atoms with Gasteiger partial charge in [-0.2, -0.15) is 5.10 Å². The molecule has 8 heteroatoms. The van der Waals surface area contributed by atoms with Crippen LogP contribution in [0.15, 0.2) is 60.0 Å². The Kier molecular flexibility index (Phi) is 6.02. The smallest absolute Gasteiger partial charge is 0.124 e. The van der Waals surface area contributed by atoms with Gasteiger partial charge in [0, 0.05) is 61.1 Å². The van der Waals surface area contributed by atoms with Crippen molar-refractivity contribution in [1.82, 2.24) is 19.7 Å². The number of rotatable bonds is 7. The highest BCUT2D eigenvalue weighted by Gasteiger charge is 2.15. The first kappa shape index (κ1) is 21.3. The Morgan fingerprint density at radius 2 is 1.75 bits per heavy atom. The molecule has 0 aliphatic carbocycles. The van der Waals surface area contributed by atoms with Crippen molar-refractivity contribution in [3.63, 3.8) is 0 Å². The van der Waals surface area contributed by atoms with E-state index in [-0.39, 0.29) is 0 Å². The number of methoxy groups -OCH3 is 2. The highest BCUT2D eigenvalue weighted by Crippen LogP contribution is 2.34. The summed E-state index contributed by atoms with van der Waals surface area (Å²) in [4.78, 5) is 15.9. The molecule has 4 aromatic rings. The van der Waals surface area contributed by atoms with Gasteiger partial charge in [-0.3, -0.25) is 14.7 Å². The van der Waals surface area contributed by atoms with Crippen LogP contribution in [0.3, 0.4) is 0 Å². The fourth-order valence-electron chi connectivity index (χ4n) is 3.44. The monoisotopic (exact) mass is 430 g/mol. The number of aliphatic imine (C=N–C) groups is 1. The normalized spacial score (nSPS) is 11.6. The standard InChI is InChI=1S/C24H26N6O2/c1-16(25-2)14-30(19-8-20(31-4)11-21(9-19)32-5)18-6-7-22-23(10-18)28-24(13-26-22)17-12-27-29(3)15-17/h6-13,15H,14H2,1-5H3/b25-16-. The van der Waals surface area contributed by atoms with Gasteiger partial charge in [0.25, 0.3) is 0 Å². The molecule has 0 aliphatic rings. The molecule has 8 nitrogen and oxygen atoms in total. The predicted octanol–water partition coefficient (Wildman–Crippen LogP) is 4.28. The lowest BCUT2D eigenvalue weighted by atomic mass is 10.1. The van der Waals surface area contributed by atoms with E-state index in [4.69, 9.17) is 14.5 Å². The van der Waals surface area contributed by atoms with Gasteiger partial charge in [-0.05, 0) is 25.1 Å². The van der Waals surface area contributed by atoms with E-state index in [1.807, 2.05) is 56.6 Å². The fourth-order valence-corrected chi connectivity index (χ4v) is 3.44. The Morgan fingerprint density at radius 3 is 2.38 bits per heavy atom. The van der Waals surface area contributed by atoms with Crippen LogP contribution in [0.1, 0.15) is 6.92 Å². The van der Waals surface area contributed by atoms with Crippen molar-refractivity contribution in [2.75, 3.05) is 32.7 Å². The molecule has 0 fully saturated rings. The van der Waals surface area contributed by atoms with Gasteiger partial charge in [-0.15, -0.1) is 0 Å². The fraction of sp³-hybridized carbons (Fsp3) is 0.250. The van der Waals surface area contributed by atoms with Crippen LogP contribution in [0.5, 0.6) is 11.5 Å². The summed E-state index contributed by atoms with van der Waals surface area (Å²) in [5, 5.41) is 4.24. The Balaban J connectivity index is 1.82. The Bertz CT molecular complexity index is 1260. The van der Waals surface area contributed by atoms with E-state index in [0.717, 1.165) is 50.9 Å². The molecular weight excluding hydrogens is 404 g/mol. The van der Waals surface area contributed by atoms with Crippen molar-refractivity contribution < 1.29 is 9.47 Å². The third kappa shape index (κ3) is 4.39. The molecule has 2 heterocycles. The summed E-state index contributed by atoms with van der Waals surface area (Å²) < 4.78 is 12.7. The molecule has 0 amide bonds. The molecule has 0 radical (unpaired) electrons. The highest BCUT2D eigenvalue weighted by molar-refractivity contribution is 5.90. The lowest BCUT2D eigenvalue weighted by molar-refractivity contribution is 0.394. The highest BCUT2D eigenvalue weighted by atomic mass is 16.5. The third-order valence-electron chi connectivity index (χ3n) is 5.25. The Labute approximate surface area is 187 Å². The van der Waals surface area contributed by atoms with Gasteiger partial charge in [-0.1, -0.05) is 0 Å². The summed E-state index contributed by atoms with van der Waals surface area (Å²) in [6, 6.07) is 11.9. The van der Waals surface area contributed by atoms with Gasteiger partial charge < -0.3 is 14.4 Å². The summed E-state index contributed by atoms with van der Waals surface area (Å²) >= 11 is 0. The molecule has 0 spiro atoms. The van der Waals surface area contributed by atoms with E-state index >= 15 is 0 Å². The molecule has 0 atom stereocenters. The van der Waals surface area contributed by atoms with Crippen molar-refractivity contribution in [3.05, 3.63) is 55.0 Å². The van der Waals surface area contributed by atoms with Crippen LogP contribution in [-0.2, 0) is 7.05 Å². The summed E-state index contributed by atoms with van der Waals surface area (Å²) in [6.07, 6.45) is 5.49. The number of nitrogens with zero attached hydrogens (tertiary/aromatic N) is 6. The van der Waals surface area contributed by atoms with Gasteiger partial charge >= 0.3 is 0 Å². The van der Waals surface area contributed by atoms with Crippen molar-refractivity contribution in [3.8, 4) is 22.8 Å². The first-order valence-electron chi connectivity index (χ1n) is 10.2. The number of hydrogen-bond acceptors (Lipinski definition) is 7. The summed E-state index contributed by atoms with van der Waals surface area (Å²) in [7, 11) is 6.97. The number of ether oxygens (including phenoxy) is 2. The van der Waals surface area contributed by atoms with Crippen LogP contribution < -0.4 is 14.4 Å². The summed E-state index contributed by atoms with van der Waals surface area (Å²) in [6.45, 7) is 2.61. The number of hydrogen-bond donors (Lipinski definition) is 0. The van der Waals surface area contributed by atoms with Crippen molar-refractivity contribution in [2.45, 2.75) is 6.92 Å². The minimum Gasteiger partial charge on any atom is -0.497 e. The third-order valence-corrected chi connectivity index (χ3v) is 5.25. The number of benzene rings is 2. The van der Waals surface area contributed by atoms with Crippen LogP contribution >= 0.6 is 0 Å². The quantitative estimate of drug-likeness (QED) is 0.407. The maximum absolute atomic E-state index is 5.48. The maximum atomic E-state index is 5.48. The Morgan fingerprint density at radius 1 is 1.00 bits per heavy atom. The van der Waals surface area contributed by atoms with Gasteiger partial charge in [0.05, 0.1) is 49.9 Å². The second kappa shape index (κ2) is 9.05. The molecular formula is C24H26N6O2. The molecule has 0 bridgehead atoms. The van der Waals surface area contributed by atoms with Crippen molar-refractivity contribution in [2.24, 2.45) is 12.0 Å². The van der Waals surface area contributed by atoms with E-state index in [1.54, 1.807) is 38.3 Å². The average Bonchev–Trinajstić information content (AvgIpc) is 3.27. The van der Waals surface area contributed by atoms with E-state index < -0.39 is 0 Å². The van der Waals surface area contributed by atoms with Gasteiger partial charge in [0.1, 0.15) is 11.5 Å². The molecule has 164 valence electrons. The molecule has 0 unspecified atom stereocenters. The summed E-state index contributed by atoms with van der Waals surface area (Å²) in [5.41, 5.74) is 6.22. The van der Waals surface area contributed by atoms with Gasteiger partial charge in [0.15, 0.2) is 0 Å². The van der Waals surface area contributed by atoms with E-state index in [0.29, 0.717) is 6.54 Å². The van der Waals surface area contributed by atoms with Crippen LogP contribution in [-0.4, -0.2) is 53.3 Å². The van der Waals surface area contributed by atoms with Gasteiger partial charge in [-0.25, -0.2) is 4.98 Å². The van der Waals surface area contributed by atoms with E-state index in [2.05, 4.69) is 20.0 Å². The minimum atomic E-state index is 0.605. The van der Waals surface area contributed by atoms with Crippen LogP contribution in [0.4, 0.5) is 11.4 Å². The topological polar surface area (TPSA) is 77.7 Å². The lowest BCUT2D eigenvalue weighted by Gasteiger charge is -2.26. The predicted molar refractivity (Wildman–Crippen MR) is 127 cm³/mol. The van der Waals surface area contributed by atoms with Gasteiger partial charge in [0.2, 0.25) is 0 Å². The molecule has 2 aromatic carbocycles. The zero-order chi connectivity index (χ0) is 22.7. The second-order valence-corrected chi connectivity index (χ2v) is 7.45. The van der Waals surface area contributed by atoms with Crippen LogP contribution in [0.25, 0.3) is 22.3 Å². The van der Waals surface area contributed by atoms with Crippen molar-refractivity contribution in [1.29, 1.82) is 0 Å². The summed E-state index contributed by atoms with van der Waals surface area (Å²) in [5.74, 6) is 1.43. The largest absolute Gasteiger partial charge is 0.497 e. The molecule has 0 saturated carbocycles. The SMILES string of the molecule is C/N=C(/C)CN(c1cc(OC)cc(OC)c1)c1ccc2ncc(-c3cnn(C)c3)nc2c1. The zero-order valence-electron chi connectivity index (χ0n) is 18.9. The first-order chi connectivity index (χ1) is 15.5. The number of aromatic nitrogens is 4. The second-order valence-electron chi connectivity index (χ2n) is 7.45. The minimum absolute atomic E-state index is 0.605. The molecule has 0 saturated heterocycles. The zero-order valence-corrected chi connectivity index (χ0v) is 18.9. The molecule has 0 N–H and O–H groups in total. The average molecular weight is 431 g/mol.